The molecule has 0 aromatic rings. The lowest BCUT2D eigenvalue weighted by Gasteiger charge is -2.21. The minimum atomic E-state index is 0.311. The summed E-state index contributed by atoms with van der Waals surface area (Å²) in [5, 5.41) is 0. The van der Waals surface area contributed by atoms with Gasteiger partial charge in [-0.05, 0) is 37.9 Å². The van der Waals surface area contributed by atoms with E-state index < -0.39 is 0 Å². The van der Waals surface area contributed by atoms with Gasteiger partial charge >= 0.3 is 0 Å². The fourth-order valence-corrected chi connectivity index (χ4v) is 2.85. The number of nitrogens with zero attached hydrogens (tertiary/aromatic N) is 2. The third-order valence-electron chi connectivity index (χ3n) is 3.92. The van der Waals surface area contributed by atoms with Gasteiger partial charge in [-0.15, -0.1) is 0 Å². The summed E-state index contributed by atoms with van der Waals surface area (Å²) in [6, 6.07) is 0. The van der Waals surface area contributed by atoms with E-state index in [4.69, 9.17) is 5.73 Å². The Kier molecular flexibility index (Phi) is 3.82. The first-order chi connectivity index (χ1) is 7.72. The summed E-state index contributed by atoms with van der Waals surface area (Å²) < 4.78 is 0. The van der Waals surface area contributed by atoms with Crippen LogP contribution in [0.3, 0.4) is 0 Å². The highest BCUT2D eigenvalue weighted by molar-refractivity contribution is 5.78. The van der Waals surface area contributed by atoms with Crippen molar-refractivity contribution in [3.63, 3.8) is 0 Å². The number of hydrogen-bond acceptors (Lipinski definition) is 3. The molecule has 0 aromatic carbocycles. The van der Waals surface area contributed by atoms with E-state index in [9.17, 15) is 4.79 Å². The van der Waals surface area contributed by atoms with Crippen LogP contribution in [-0.2, 0) is 4.79 Å². The van der Waals surface area contributed by atoms with Gasteiger partial charge in [0.1, 0.15) is 0 Å². The van der Waals surface area contributed by atoms with Crippen molar-refractivity contribution < 1.29 is 4.79 Å². The molecule has 2 atom stereocenters. The molecule has 2 fully saturated rings. The van der Waals surface area contributed by atoms with Gasteiger partial charge in [-0.25, -0.2) is 0 Å². The van der Waals surface area contributed by atoms with Crippen molar-refractivity contribution in [3.8, 4) is 0 Å². The van der Waals surface area contributed by atoms with E-state index in [0.29, 0.717) is 30.7 Å². The summed E-state index contributed by atoms with van der Waals surface area (Å²) in [5.74, 6) is 1.39. The molecule has 4 heteroatoms. The molecule has 4 nitrogen and oxygen atoms in total. The minimum Gasteiger partial charge on any atom is -0.342 e. The maximum absolute atomic E-state index is 11.7. The molecule has 2 heterocycles. The van der Waals surface area contributed by atoms with Crippen molar-refractivity contribution in [3.05, 3.63) is 0 Å². The summed E-state index contributed by atoms with van der Waals surface area (Å²) in [7, 11) is 0. The monoisotopic (exact) mass is 225 g/mol. The van der Waals surface area contributed by atoms with Crippen LogP contribution >= 0.6 is 0 Å². The molecule has 0 aromatic heterocycles. The molecule has 0 aliphatic carbocycles. The number of likely N-dealkylation sites (tertiary alicyclic amines) is 2. The number of amides is 1. The third-order valence-corrected chi connectivity index (χ3v) is 3.92. The van der Waals surface area contributed by atoms with Crippen LogP contribution in [0.2, 0.25) is 0 Å². The SMILES string of the molecule is CCN1CCC(CN2CC(CN)CC2=O)C1. The smallest absolute Gasteiger partial charge is 0.222 e. The first kappa shape index (κ1) is 11.9. The Balaban J connectivity index is 1.80. The predicted molar refractivity (Wildman–Crippen MR) is 64.0 cm³/mol. The average Bonchev–Trinajstić information content (AvgIpc) is 2.87. The van der Waals surface area contributed by atoms with Gasteiger partial charge in [0, 0.05) is 26.1 Å². The zero-order valence-electron chi connectivity index (χ0n) is 10.2. The second-order valence-corrected chi connectivity index (χ2v) is 5.15. The molecule has 2 aliphatic rings. The van der Waals surface area contributed by atoms with E-state index in [1.807, 2.05) is 4.90 Å². The topological polar surface area (TPSA) is 49.6 Å². The Bertz CT molecular complexity index is 257. The Morgan fingerprint density at radius 3 is 2.75 bits per heavy atom. The molecule has 16 heavy (non-hydrogen) atoms. The van der Waals surface area contributed by atoms with Crippen molar-refractivity contribution >= 4 is 5.91 Å². The van der Waals surface area contributed by atoms with Gasteiger partial charge in [0.15, 0.2) is 0 Å². The third kappa shape index (κ3) is 2.55. The van der Waals surface area contributed by atoms with Crippen molar-refractivity contribution in [1.82, 2.24) is 9.80 Å². The molecule has 92 valence electrons. The van der Waals surface area contributed by atoms with Crippen molar-refractivity contribution in [2.45, 2.75) is 19.8 Å². The van der Waals surface area contributed by atoms with Crippen LogP contribution in [0.25, 0.3) is 0 Å². The van der Waals surface area contributed by atoms with Gasteiger partial charge in [-0.3, -0.25) is 4.79 Å². The van der Waals surface area contributed by atoms with E-state index in [-0.39, 0.29) is 0 Å². The molecular formula is C12H23N3O. The van der Waals surface area contributed by atoms with Crippen LogP contribution < -0.4 is 5.73 Å². The zero-order valence-corrected chi connectivity index (χ0v) is 10.2. The van der Waals surface area contributed by atoms with Crippen LogP contribution in [0.15, 0.2) is 0 Å². The number of hydrogen-bond donors (Lipinski definition) is 1. The van der Waals surface area contributed by atoms with Crippen molar-refractivity contribution in [2.75, 3.05) is 39.3 Å². The number of carbonyl (C=O) groups excluding carboxylic acids is 1. The Morgan fingerprint density at radius 2 is 2.19 bits per heavy atom. The molecule has 0 saturated carbocycles. The molecular weight excluding hydrogens is 202 g/mol. The quantitative estimate of drug-likeness (QED) is 0.740. The second kappa shape index (κ2) is 5.15. The molecule has 1 amide bonds. The normalized spacial score (nSPS) is 31.6. The van der Waals surface area contributed by atoms with Gasteiger partial charge in [-0.2, -0.15) is 0 Å². The predicted octanol–water partition coefficient (Wildman–Crippen LogP) is 0.135. The highest BCUT2D eigenvalue weighted by Gasteiger charge is 2.31. The fraction of sp³-hybridized carbons (Fsp3) is 0.917. The molecule has 2 unspecified atom stereocenters. The lowest BCUT2D eigenvalue weighted by molar-refractivity contribution is -0.128. The largest absolute Gasteiger partial charge is 0.342 e. The van der Waals surface area contributed by atoms with Crippen LogP contribution in [0.1, 0.15) is 19.8 Å². The van der Waals surface area contributed by atoms with Gasteiger partial charge in [0.05, 0.1) is 0 Å². The molecule has 0 bridgehead atoms. The molecule has 2 saturated heterocycles. The highest BCUT2D eigenvalue weighted by Crippen LogP contribution is 2.22. The van der Waals surface area contributed by atoms with E-state index in [1.165, 1.54) is 13.0 Å². The molecule has 0 radical (unpaired) electrons. The van der Waals surface area contributed by atoms with Gasteiger partial charge in [0.2, 0.25) is 5.91 Å². The Labute approximate surface area is 97.8 Å². The lowest BCUT2D eigenvalue weighted by atomic mass is 10.1. The van der Waals surface area contributed by atoms with Gasteiger partial charge < -0.3 is 15.5 Å². The van der Waals surface area contributed by atoms with Crippen LogP contribution in [0.4, 0.5) is 0 Å². The van der Waals surface area contributed by atoms with E-state index >= 15 is 0 Å². The number of nitrogens with two attached hydrogens (primary N) is 1. The number of rotatable bonds is 4. The molecule has 0 spiro atoms. The number of carbonyl (C=O) groups is 1. The molecule has 2 aliphatic heterocycles. The van der Waals surface area contributed by atoms with E-state index in [1.54, 1.807) is 0 Å². The summed E-state index contributed by atoms with van der Waals surface area (Å²) >= 11 is 0. The summed E-state index contributed by atoms with van der Waals surface area (Å²) in [4.78, 5) is 16.2. The first-order valence-corrected chi connectivity index (χ1v) is 6.43. The lowest BCUT2D eigenvalue weighted by Crippen LogP contribution is -2.33. The Morgan fingerprint density at radius 1 is 1.38 bits per heavy atom. The summed E-state index contributed by atoms with van der Waals surface area (Å²) in [6.07, 6.45) is 1.91. The van der Waals surface area contributed by atoms with E-state index in [2.05, 4.69) is 11.8 Å². The maximum atomic E-state index is 11.7. The highest BCUT2D eigenvalue weighted by atomic mass is 16.2. The van der Waals surface area contributed by atoms with Gasteiger partial charge in [-0.1, -0.05) is 6.92 Å². The average molecular weight is 225 g/mol. The fourth-order valence-electron chi connectivity index (χ4n) is 2.85. The van der Waals surface area contributed by atoms with Gasteiger partial charge in [0.25, 0.3) is 0 Å². The zero-order chi connectivity index (χ0) is 11.5. The summed E-state index contributed by atoms with van der Waals surface area (Å²) in [5.41, 5.74) is 5.62. The van der Waals surface area contributed by atoms with E-state index in [0.717, 1.165) is 26.2 Å². The minimum absolute atomic E-state index is 0.311. The van der Waals surface area contributed by atoms with Crippen LogP contribution in [-0.4, -0.2) is 55.0 Å². The molecule has 2 rings (SSSR count). The van der Waals surface area contributed by atoms with Crippen LogP contribution in [0, 0.1) is 11.8 Å². The Hall–Kier alpha value is -0.610. The standard InChI is InChI=1S/C12H23N3O/c1-2-14-4-3-10(7-14)8-15-9-11(6-13)5-12(15)16/h10-11H,2-9,13H2,1H3. The molecule has 2 N–H and O–H groups in total. The van der Waals surface area contributed by atoms with Crippen LogP contribution in [0.5, 0.6) is 0 Å². The maximum Gasteiger partial charge on any atom is 0.222 e. The first-order valence-electron chi connectivity index (χ1n) is 6.43. The summed E-state index contributed by atoms with van der Waals surface area (Å²) in [6.45, 7) is 8.18. The second-order valence-electron chi connectivity index (χ2n) is 5.15. The van der Waals surface area contributed by atoms with Crippen molar-refractivity contribution in [1.29, 1.82) is 0 Å². The van der Waals surface area contributed by atoms with Crippen molar-refractivity contribution in [2.24, 2.45) is 17.6 Å².